The summed E-state index contributed by atoms with van der Waals surface area (Å²) in [7, 11) is 1.45. The molecule has 3 rings (SSSR count). The van der Waals surface area contributed by atoms with Gasteiger partial charge in [-0.1, -0.05) is 0 Å². The van der Waals surface area contributed by atoms with Crippen molar-refractivity contribution >= 4 is 17.7 Å². The summed E-state index contributed by atoms with van der Waals surface area (Å²) in [4.78, 5) is 37.1. The molecule has 0 spiro atoms. The first-order valence-corrected chi connectivity index (χ1v) is 8.03. The maximum atomic E-state index is 12.2. The highest BCUT2D eigenvalue weighted by molar-refractivity contribution is 6.21. The molecule has 0 aromatic heterocycles. The van der Waals surface area contributed by atoms with Gasteiger partial charge >= 0.3 is 0 Å². The lowest BCUT2D eigenvalue weighted by Gasteiger charge is -2.22. The van der Waals surface area contributed by atoms with Crippen LogP contribution in [0.2, 0.25) is 0 Å². The van der Waals surface area contributed by atoms with Gasteiger partial charge in [0.05, 0.1) is 11.1 Å². The van der Waals surface area contributed by atoms with E-state index >= 15 is 0 Å². The van der Waals surface area contributed by atoms with Crippen LogP contribution < -0.4 is 10.6 Å². The molecule has 1 atom stereocenters. The Hall–Kier alpha value is -2.21. The molecule has 6 nitrogen and oxygen atoms in total. The zero-order chi connectivity index (χ0) is 16.4. The molecule has 1 fully saturated rings. The number of rotatable bonds is 4. The van der Waals surface area contributed by atoms with Gasteiger partial charge in [-0.2, -0.15) is 0 Å². The van der Waals surface area contributed by atoms with E-state index < -0.39 is 0 Å². The lowest BCUT2D eigenvalue weighted by molar-refractivity contribution is 0.0693. The molecular formula is C17H21N3O3. The van der Waals surface area contributed by atoms with Crippen LogP contribution in [0.15, 0.2) is 18.2 Å². The van der Waals surface area contributed by atoms with Crippen molar-refractivity contribution in [3.05, 3.63) is 34.9 Å². The lowest BCUT2D eigenvalue weighted by atomic mass is 9.96. The minimum absolute atomic E-state index is 0.202. The molecule has 1 aromatic carbocycles. The van der Waals surface area contributed by atoms with Gasteiger partial charge in [0.25, 0.3) is 17.7 Å². The Morgan fingerprint density at radius 1 is 1.30 bits per heavy atom. The first kappa shape index (κ1) is 15.7. The highest BCUT2D eigenvalue weighted by atomic mass is 16.2. The number of hydrogen-bond donors (Lipinski definition) is 2. The van der Waals surface area contributed by atoms with E-state index in [1.807, 2.05) is 0 Å². The van der Waals surface area contributed by atoms with E-state index in [4.69, 9.17) is 0 Å². The van der Waals surface area contributed by atoms with Crippen LogP contribution in [-0.4, -0.2) is 49.3 Å². The molecule has 0 aliphatic carbocycles. The van der Waals surface area contributed by atoms with Gasteiger partial charge in [-0.25, -0.2) is 0 Å². The fraction of sp³-hybridized carbons (Fsp3) is 0.471. The molecule has 0 bridgehead atoms. The summed E-state index contributed by atoms with van der Waals surface area (Å²) in [6.45, 7) is 2.71. The number of hydrogen-bond acceptors (Lipinski definition) is 4. The Labute approximate surface area is 135 Å². The van der Waals surface area contributed by atoms with Crippen LogP contribution in [-0.2, 0) is 0 Å². The summed E-state index contributed by atoms with van der Waals surface area (Å²) in [5.74, 6) is -0.266. The molecule has 1 unspecified atom stereocenters. The van der Waals surface area contributed by atoms with Crippen molar-refractivity contribution in [2.45, 2.75) is 19.3 Å². The van der Waals surface area contributed by atoms with Crippen molar-refractivity contribution < 1.29 is 14.4 Å². The number of amides is 3. The average Bonchev–Trinajstić information content (AvgIpc) is 2.80. The summed E-state index contributed by atoms with van der Waals surface area (Å²) in [5, 5.41) is 6.26. The van der Waals surface area contributed by atoms with Crippen LogP contribution in [0.5, 0.6) is 0 Å². The van der Waals surface area contributed by atoms with E-state index in [-0.39, 0.29) is 17.7 Å². The van der Waals surface area contributed by atoms with Crippen LogP contribution in [0.1, 0.15) is 50.3 Å². The number of carbonyl (C=O) groups is 3. The van der Waals surface area contributed by atoms with Crippen LogP contribution in [0.25, 0.3) is 0 Å². The molecule has 1 saturated heterocycles. The molecule has 2 aliphatic heterocycles. The van der Waals surface area contributed by atoms with E-state index in [9.17, 15) is 14.4 Å². The van der Waals surface area contributed by atoms with E-state index in [2.05, 4.69) is 10.6 Å². The first-order valence-electron chi connectivity index (χ1n) is 8.03. The Morgan fingerprint density at radius 2 is 2.09 bits per heavy atom. The second kappa shape index (κ2) is 6.50. The van der Waals surface area contributed by atoms with E-state index in [0.29, 0.717) is 29.2 Å². The summed E-state index contributed by atoms with van der Waals surface area (Å²) < 4.78 is 0. The van der Waals surface area contributed by atoms with Crippen LogP contribution >= 0.6 is 0 Å². The molecule has 2 aliphatic rings. The summed E-state index contributed by atoms with van der Waals surface area (Å²) >= 11 is 0. The molecule has 3 amide bonds. The number of nitrogens with zero attached hydrogens (tertiary/aromatic N) is 1. The van der Waals surface area contributed by atoms with Crippen molar-refractivity contribution in [2.75, 3.05) is 26.7 Å². The maximum Gasteiger partial charge on any atom is 0.261 e. The van der Waals surface area contributed by atoms with Crippen molar-refractivity contribution in [3.63, 3.8) is 0 Å². The van der Waals surface area contributed by atoms with Gasteiger partial charge in [0.15, 0.2) is 0 Å². The van der Waals surface area contributed by atoms with Gasteiger partial charge in [-0.3, -0.25) is 19.3 Å². The van der Waals surface area contributed by atoms with Gasteiger partial charge in [-0.05, 0) is 56.5 Å². The van der Waals surface area contributed by atoms with Crippen LogP contribution in [0, 0.1) is 5.92 Å². The lowest BCUT2D eigenvalue weighted by Crippen LogP contribution is -2.33. The monoisotopic (exact) mass is 315 g/mol. The second-order valence-electron chi connectivity index (χ2n) is 6.19. The number of imide groups is 1. The van der Waals surface area contributed by atoms with Gasteiger partial charge in [-0.15, -0.1) is 0 Å². The van der Waals surface area contributed by atoms with Crippen molar-refractivity contribution in [1.82, 2.24) is 15.5 Å². The van der Waals surface area contributed by atoms with Gasteiger partial charge in [0.1, 0.15) is 0 Å². The van der Waals surface area contributed by atoms with Crippen molar-refractivity contribution in [1.29, 1.82) is 0 Å². The van der Waals surface area contributed by atoms with Gasteiger partial charge in [0, 0.05) is 19.2 Å². The Kier molecular flexibility index (Phi) is 4.43. The zero-order valence-electron chi connectivity index (χ0n) is 13.2. The number of fused-ring (bicyclic) bond motifs is 1. The minimum Gasteiger partial charge on any atom is -0.352 e. The van der Waals surface area contributed by atoms with E-state index in [1.165, 1.54) is 26.0 Å². The molecule has 6 heteroatoms. The third kappa shape index (κ3) is 3.12. The highest BCUT2D eigenvalue weighted by Crippen LogP contribution is 2.22. The van der Waals surface area contributed by atoms with Crippen LogP contribution in [0.4, 0.5) is 0 Å². The fourth-order valence-corrected chi connectivity index (χ4v) is 3.16. The highest BCUT2D eigenvalue weighted by Gasteiger charge is 2.33. The molecule has 1 aromatic rings. The van der Waals surface area contributed by atoms with E-state index in [0.717, 1.165) is 24.4 Å². The molecule has 2 heterocycles. The molecule has 23 heavy (non-hydrogen) atoms. The third-order valence-electron chi connectivity index (χ3n) is 4.59. The van der Waals surface area contributed by atoms with Crippen molar-refractivity contribution in [3.8, 4) is 0 Å². The van der Waals surface area contributed by atoms with Gasteiger partial charge in [0.2, 0.25) is 0 Å². The minimum atomic E-state index is -0.354. The normalized spacial score (nSPS) is 20.6. The van der Waals surface area contributed by atoms with Crippen molar-refractivity contribution in [2.24, 2.45) is 5.92 Å². The molecule has 0 saturated carbocycles. The predicted octanol–water partition coefficient (Wildman–Crippen LogP) is 1.03. The smallest absolute Gasteiger partial charge is 0.261 e. The fourth-order valence-electron chi connectivity index (χ4n) is 3.16. The number of nitrogens with one attached hydrogen (secondary N) is 2. The van der Waals surface area contributed by atoms with Crippen LogP contribution in [0.3, 0.4) is 0 Å². The number of benzene rings is 1. The standard InChI is InChI=1S/C17H21N3O3/c1-20-16(22)13-5-4-12(9-14(13)17(20)23)15(21)19-8-6-11-3-2-7-18-10-11/h4-5,9,11,18H,2-3,6-8,10H2,1H3,(H,19,21). The topological polar surface area (TPSA) is 78.5 Å². The SMILES string of the molecule is CN1C(=O)c2ccc(C(=O)NCCC3CCCNC3)cc2C1=O. The zero-order valence-corrected chi connectivity index (χ0v) is 13.2. The summed E-state index contributed by atoms with van der Waals surface area (Å²) in [5.41, 5.74) is 1.09. The quantitative estimate of drug-likeness (QED) is 0.814. The van der Waals surface area contributed by atoms with E-state index in [1.54, 1.807) is 12.1 Å². The average molecular weight is 315 g/mol. The molecule has 2 N–H and O–H groups in total. The predicted molar refractivity (Wildman–Crippen MR) is 85.4 cm³/mol. The largest absolute Gasteiger partial charge is 0.352 e. The molecule has 122 valence electrons. The molecular weight excluding hydrogens is 294 g/mol. The number of piperidine rings is 1. The Bertz CT molecular complexity index is 650. The third-order valence-corrected chi connectivity index (χ3v) is 4.59. The Balaban J connectivity index is 1.60. The first-order chi connectivity index (χ1) is 11.1. The number of carbonyl (C=O) groups excluding carboxylic acids is 3. The van der Waals surface area contributed by atoms with Gasteiger partial charge < -0.3 is 10.6 Å². The summed E-state index contributed by atoms with van der Waals surface area (Å²) in [6, 6.07) is 4.66. The summed E-state index contributed by atoms with van der Waals surface area (Å²) in [6.07, 6.45) is 3.33. The Morgan fingerprint density at radius 3 is 2.83 bits per heavy atom. The second-order valence-corrected chi connectivity index (χ2v) is 6.19. The maximum absolute atomic E-state index is 12.2. The molecule has 0 radical (unpaired) electrons.